The molecule has 6 heteroatoms. The molecule has 0 bridgehead atoms. The number of benzene rings is 1. The van der Waals surface area contributed by atoms with E-state index in [9.17, 15) is 19.2 Å². The topological polar surface area (TPSA) is 80.8 Å². The van der Waals surface area contributed by atoms with Crippen molar-refractivity contribution in [3.05, 3.63) is 65.4 Å². The first kappa shape index (κ1) is 13.7. The van der Waals surface area contributed by atoms with Crippen LogP contribution >= 0.6 is 0 Å². The normalized spacial score (nSPS) is 18.1. The smallest absolute Gasteiger partial charge is 0.364 e. The van der Waals surface area contributed by atoms with Crippen LogP contribution in [0.15, 0.2) is 59.8 Å². The third-order valence-corrected chi connectivity index (χ3v) is 3.13. The Morgan fingerprint density at radius 1 is 0.818 bits per heavy atom. The van der Waals surface area contributed by atoms with Gasteiger partial charge in [0.15, 0.2) is 5.70 Å². The lowest BCUT2D eigenvalue weighted by Gasteiger charge is -2.12. The highest BCUT2D eigenvalue weighted by molar-refractivity contribution is 6.23. The predicted octanol–water partition coefficient (Wildman–Crippen LogP) is 0.962. The van der Waals surface area contributed by atoms with Gasteiger partial charge in [-0.15, -0.1) is 0 Å². The molecule has 22 heavy (non-hydrogen) atoms. The molecule has 1 aromatic rings. The number of amides is 2. The van der Waals surface area contributed by atoms with Crippen molar-refractivity contribution in [2.24, 2.45) is 0 Å². The van der Waals surface area contributed by atoms with Gasteiger partial charge < -0.3 is 4.74 Å². The second-order valence-corrected chi connectivity index (χ2v) is 4.53. The summed E-state index contributed by atoms with van der Waals surface area (Å²) in [6.45, 7) is 0. The molecule has 0 spiro atoms. The van der Waals surface area contributed by atoms with Crippen LogP contribution in [0, 0.1) is 0 Å². The van der Waals surface area contributed by atoms with Crippen LogP contribution in [0.5, 0.6) is 0 Å². The molecule has 2 heterocycles. The Hall–Kier alpha value is -3.28. The molecular weight excluding hydrogens is 286 g/mol. The van der Waals surface area contributed by atoms with Gasteiger partial charge in [-0.1, -0.05) is 36.4 Å². The molecule has 1 aromatic carbocycles. The van der Waals surface area contributed by atoms with Crippen molar-refractivity contribution in [1.29, 1.82) is 0 Å². The summed E-state index contributed by atoms with van der Waals surface area (Å²) in [5.41, 5.74) is 0.315. The van der Waals surface area contributed by atoms with Gasteiger partial charge in [0.05, 0.1) is 5.57 Å². The highest BCUT2D eigenvalue weighted by atomic mass is 16.6. The van der Waals surface area contributed by atoms with E-state index in [2.05, 4.69) is 4.74 Å². The maximum absolute atomic E-state index is 11.8. The molecule has 0 unspecified atom stereocenters. The monoisotopic (exact) mass is 295 g/mol. The van der Waals surface area contributed by atoms with Crippen LogP contribution < -0.4 is 0 Å². The van der Waals surface area contributed by atoms with E-state index in [1.807, 2.05) is 18.2 Å². The van der Waals surface area contributed by atoms with Gasteiger partial charge in [0, 0.05) is 12.2 Å². The van der Waals surface area contributed by atoms with Crippen LogP contribution in [0.2, 0.25) is 0 Å². The molecule has 6 nitrogen and oxygen atoms in total. The van der Waals surface area contributed by atoms with Crippen LogP contribution in [-0.2, 0) is 23.9 Å². The number of cyclic esters (lactones) is 2. The van der Waals surface area contributed by atoms with E-state index in [0.717, 1.165) is 17.7 Å². The van der Waals surface area contributed by atoms with Gasteiger partial charge in [-0.05, 0) is 11.6 Å². The molecule has 0 radical (unpaired) electrons. The Morgan fingerprint density at radius 2 is 1.45 bits per heavy atom. The minimum absolute atomic E-state index is 0.126. The molecule has 2 amide bonds. The molecule has 0 atom stereocenters. The van der Waals surface area contributed by atoms with Crippen LogP contribution in [0.25, 0.3) is 6.08 Å². The lowest BCUT2D eigenvalue weighted by molar-refractivity contribution is -0.153. The average molecular weight is 295 g/mol. The highest BCUT2D eigenvalue weighted by Crippen LogP contribution is 2.25. The van der Waals surface area contributed by atoms with E-state index in [0.29, 0.717) is 4.90 Å². The van der Waals surface area contributed by atoms with Crippen molar-refractivity contribution in [1.82, 2.24) is 4.90 Å². The summed E-state index contributed by atoms with van der Waals surface area (Å²) >= 11 is 0. The summed E-state index contributed by atoms with van der Waals surface area (Å²) in [5.74, 6) is -3.27. The maximum atomic E-state index is 11.8. The third-order valence-electron chi connectivity index (χ3n) is 3.13. The molecule has 2 aliphatic rings. The second kappa shape index (κ2) is 5.25. The number of esters is 2. The van der Waals surface area contributed by atoms with Crippen LogP contribution in [0.3, 0.4) is 0 Å². The van der Waals surface area contributed by atoms with Gasteiger partial charge in [-0.25, -0.2) is 14.5 Å². The molecule has 0 fully saturated rings. The SMILES string of the molecule is O=C1OC(=O)C(N2C(=O)C=CC2=O)=C1C=Cc1ccccc1. The van der Waals surface area contributed by atoms with Crippen molar-refractivity contribution in [2.75, 3.05) is 0 Å². The Morgan fingerprint density at radius 3 is 2.09 bits per heavy atom. The number of imide groups is 1. The molecule has 0 N–H and O–H groups in total. The molecular formula is C16H9NO5. The van der Waals surface area contributed by atoms with Crippen molar-refractivity contribution in [2.45, 2.75) is 0 Å². The Labute approximate surface area is 125 Å². The number of hydrogen-bond acceptors (Lipinski definition) is 5. The molecule has 0 aromatic heterocycles. The summed E-state index contributed by atoms with van der Waals surface area (Å²) in [6.07, 6.45) is 5.01. The van der Waals surface area contributed by atoms with Crippen LogP contribution in [0.1, 0.15) is 5.56 Å². The van der Waals surface area contributed by atoms with Crippen molar-refractivity contribution in [3.8, 4) is 0 Å². The molecule has 0 saturated heterocycles. The lowest BCUT2D eigenvalue weighted by Crippen LogP contribution is -2.32. The second-order valence-electron chi connectivity index (χ2n) is 4.53. The van der Waals surface area contributed by atoms with Gasteiger partial charge in [-0.2, -0.15) is 0 Å². The largest absolute Gasteiger partial charge is 0.385 e. The van der Waals surface area contributed by atoms with Crippen molar-refractivity contribution >= 4 is 29.8 Å². The number of rotatable bonds is 3. The van der Waals surface area contributed by atoms with Crippen molar-refractivity contribution < 1.29 is 23.9 Å². The molecule has 0 saturated carbocycles. The van der Waals surface area contributed by atoms with E-state index in [4.69, 9.17) is 0 Å². The predicted molar refractivity (Wildman–Crippen MR) is 74.6 cm³/mol. The summed E-state index contributed by atoms with van der Waals surface area (Å²) in [5, 5.41) is 0. The number of carbonyl (C=O) groups is 4. The summed E-state index contributed by atoms with van der Waals surface area (Å²) in [4.78, 5) is 47.5. The zero-order valence-corrected chi connectivity index (χ0v) is 11.2. The standard InChI is InChI=1S/C16H9NO5/c18-12-8-9-13(19)17(12)14-11(15(20)22-16(14)21)7-6-10-4-2-1-3-5-10/h1-9H. The van der Waals surface area contributed by atoms with Crippen LogP contribution in [0.4, 0.5) is 0 Å². The number of carbonyl (C=O) groups excluding carboxylic acids is 4. The van der Waals surface area contributed by atoms with Crippen LogP contribution in [-0.4, -0.2) is 28.7 Å². The minimum atomic E-state index is -1.01. The first-order valence-corrected chi connectivity index (χ1v) is 6.38. The van der Waals surface area contributed by atoms with E-state index < -0.39 is 23.8 Å². The van der Waals surface area contributed by atoms with E-state index >= 15 is 0 Å². The lowest BCUT2D eigenvalue weighted by atomic mass is 10.1. The molecule has 2 aliphatic heterocycles. The number of nitrogens with zero attached hydrogens (tertiary/aromatic N) is 1. The third kappa shape index (κ3) is 2.26. The number of hydrogen-bond donors (Lipinski definition) is 0. The van der Waals surface area contributed by atoms with Crippen molar-refractivity contribution in [3.63, 3.8) is 0 Å². The number of ether oxygens (including phenoxy) is 1. The van der Waals surface area contributed by atoms with E-state index in [1.165, 1.54) is 6.08 Å². The Balaban J connectivity index is 2.02. The summed E-state index contributed by atoms with van der Waals surface area (Å²) < 4.78 is 4.51. The maximum Gasteiger partial charge on any atom is 0.364 e. The first-order valence-electron chi connectivity index (χ1n) is 6.38. The molecule has 108 valence electrons. The first-order chi connectivity index (χ1) is 10.6. The summed E-state index contributed by atoms with van der Waals surface area (Å²) in [6, 6.07) is 9.05. The van der Waals surface area contributed by atoms with E-state index in [-0.39, 0.29) is 11.3 Å². The van der Waals surface area contributed by atoms with Gasteiger partial charge in [0.2, 0.25) is 0 Å². The fourth-order valence-electron chi connectivity index (χ4n) is 2.12. The summed E-state index contributed by atoms with van der Waals surface area (Å²) in [7, 11) is 0. The quantitative estimate of drug-likeness (QED) is 0.471. The average Bonchev–Trinajstić information content (AvgIpc) is 2.97. The fourth-order valence-corrected chi connectivity index (χ4v) is 2.12. The zero-order chi connectivity index (χ0) is 15.7. The Kier molecular flexibility index (Phi) is 3.27. The Bertz CT molecular complexity index is 768. The minimum Gasteiger partial charge on any atom is -0.385 e. The van der Waals surface area contributed by atoms with Gasteiger partial charge in [0.25, 0.3) is 11.8 Å². The van der Waals surface area contributed by atoms with Gasteiger partial charge >= 0.3 is 11.9 Å². The van der Waals surface area contributed by atoms with E-state index in [1.54, 1.807) is 18.2 Å². The zero-order valence-electron chi connectivity index (χ0n) is 11.2. The van der Waals surface area contributed by atoms with Gasteiger partial charge in [0.1, 0.15) is 0 Å². The molecule has 3 rings (SSSR count). The van der Waals surface area contributed by atoms with Gasteiger partial charge in [-0.3, -0.25) is 9.59 Å². The fraction of sp³-hybridized carbons (Fsp3) is 0. The molecule has 0 aliphatic carbocycles. The highest BCUT2D eigenvalue weighted by Gasteiger charge is 2.41.